The van der Waals surface area contributed by atoms with Crippen LogP contribution in [0.4, 0.5) is 0 Å². The lowest BCUT2D eigenvalue weighted by molar-refractivity contribution is 0.0877. The van der Waals surface area contributed by atoms with Crippen LogP contribution < -0.4 is 14.8 Å². The molecule has 0 bridgehead atoms. The zero-order chi connectivity index (χ0) is 24.2. The number of rotatable bonds is 7. The van der Waals surface area contributed by atoms with E-state index in [4.69, 9.17) is 21.1 Å². The van der Waals surface area contributed by atoms with Crippen molar-refractivity contribution in [3.8, 4) is 11.5 Å². The molecule has 1 heterocycles. The number of carbonyl (C=O) groups excluding carboxylic acids is 1. The van der Waals surface area contributed by atoms with Gasteiger partial charge in [-0.2, -0.15) is 0 Å². The predicted octanol–water partition coefficient (Wildman–Crippen LogP) is 5.58. The Hall–Kier alpha value is -3.02. The summed E-state index contributed by atoms with van der Waals surface area (Å²) in [5, 5.41) is 3.65. The van der Waals surface area contributed by atoms with Crippen LogP contribution in [0.5, 0.6) is 11.5 Å². The van der Waals surface area contributed by atoms with Crippen molar-refractivity contribution >= 4 is 17.5 Å². The Balaban J connectivity index is 1.71. The smallest absolute Gasteiger partial charge is 0.253 e. The van der Waals surface area contributed by atoms with Gasteiger partial charge in [-0.15, -0.1) is 0 Å². The van der Waals surface area contributed by atoms with Gasteiger partial charge in [0.2, 0.25) is 0 Å². The largest absolute Gasteiger partial charge is 0.493 e. The highest BCUT2D eigenvalue weighted by molar-refractivity contribution is 6.33. The highest BCUT2D eigenvalue weighted by Gasteiger charge is 2.34. The Labute approximate surface area is 206 Å². The van der Waals surface area contributed by atoms with Gasteiger partial charge in [-0.3, -0.25) is 9.69 Å². The summed E-state index contributed by atoms with van der Waals surface area (Å²) in [5.74, 6) is 1.23. The first-order valence-electron chi connectivity index (χ1n) is 11.5. The third-order valence-electron chi connectivity index (χ3n) is 6.61. The lowest BCUT2D eigenvalue weighted by atomic mass is 9.87. The fourth-order valence-electron chi connectivity index (χ4n) is 4.81. The second-order valence-electron chi connectivity index (χ2n) is 8.74. The first kappa shape index (κ1) is 24.1. The van der Waals surface area contributed by atoms with Gasteiger partial charge in [0.15, 0.2) is 11.5 Å². The average molecular weight is 479 g/mol. The van der Waals surface area contributed by atoms with Gasteiger partial charge in [-0.25, -0.2) is 0 Å². The number of ether oxygens (including phenoxy) is 2. The molecule has 0 saturated heterocycles. The number of methoxy groups -OCH3 is 2. The van der Waals surface area contributed by atoms with Crippen LogP contribution in [0.2, 0.25) is 5.02 Å². The maximum absolute atomic E-state index is 13.1. The SMILES string of the molecule is COc1cc2c(cc1OC)C(C(C)NC(=O)c1ccccc1Cl)N(Cc1ccccc1C)CC2. The van der Waals surface area contributed by atoms with Crippen molar-refractivity contribution in [3.63, 3.8) is 0 Å². The molecule has 34 heavy (non-hydrogen) atoms. The minimum absolute atomic E-state index is 0.0467. The quantitative estimate of drug-likeness (QED) is 0.481. The summed E-state index contributed by atoms with van der Waals surface area (Å²) < 4.78 is 11.2. The first-order valence-corrected chi connectivity index (χ1v) is 11.9. The van der Waals surface area contributed by atoms with E-state index in [-0.39, 0.29) is 18.0 Å². The summed E-state index contributed by atoms with van der Waals surface area (Å²) in [4.78, 5) is 15.6. The second-order valence-corrected chi connectivity index (χ2v) is 9.15. The lowest BCUT2D eigenvalue weighted by Gasteiger charge is -2.41. The molecule has 2 atom stereocenters. The van der Waals surface area contributed by atoms with Crippen LogP contribution in [0.25, 0.3) is 0 Å². The summed E-state index contributed by atoms with van der Waals surface area (Å²) in [6, 6.07) is 19.5. The molecular formula is C28H31ClN2O3. The van der Waals surface area contributed by atoms with Crippen molar-refractivity contribution in [3.05, 3.63) is 93.5 Å². The summed E-state index contributed by atoms with van der Waals surface area (Å²) in [5.41, 5.74) is 5.37. The number of fused-ring (bicyclic) bond motifs is 1. The molecular weight excluding hydrogens is 448 g/mol. The van der Waals surface area contributed by atoms with Gasteiger partial charge in [0.1, 0.15) is 0 Å². The molecule has 1 aliphatic rings. The van der Waals surface area contributed by atoms with E-state index in [0.29, 0.717) is 16.3 Å². The van der Waals surface area contributed by atoms with E-state index in [1.165, 1.54) is 16.7 Å². The molecule has 6 heteroatoms. The molecule has 3 aromatic carbocycles. The normalized spacial score (nSPS) is 16.4. The minimum atomic E-state index is -0.179. The van der Waals surface area contributed by atoms with E-state index >= 15 is 0 Å². The zero-order valence-corrected chi connectivity index (χ0v) is 20.9. The number of halogens is 1. The standard InChI is InChI=1S/C28H31ClN2O3/c1-18-9-5-6-10-21(18)17-31-14-13-20-15-25(33-3)26(34-4)16-23(20)27(31)19(2)30-28(32)22-11-7-8-12-24(22)29/h5-12,15-16,19,27H,13-14,17H2,1-4H3,(H,30,32). The second kappa shape index (κ2) is 10.5. The van der Waals surface area contributed by atoms with Crippen molar-refractivity contribution in [2.75, 3.05) is 20.8 Å². The molecule has 1 N–H and O–H groups in total. The molecule has 1 amide bonds. The van der Waals surface area contributed by atoms with Crippen LogP contribution in [0, 0.1) is 6.92 Å². The van der Waals surface area contributed by atoms with Crippen LogP contribution in [0.15, 0.2) is 60.7 Å². The van der Waals surface area contributed by atoms with E-state index < -0.39 is 0 Å². The third kappa shape index (κ3) is 4.91. The molecule has 5 nitrogen and oxygen atoms in total. The number of carbonyl (C=O) groups is 1. The van der Waals surface area contributed by atoms with Gasteiger partial charge >= 0.3 is 0 Å². The van der Waals surface area contributed by atoms with E-state index in [9.17, 15) is 4.79 Å². The number of amides is 1. The molecule has 1 aliphatic heterocycles. The fourth-order valence-corrected chi connectivity index (χ4v) is 5.03. The van der Waals surface area contributed by atoms with Crippen LogP contribution in [-0.4, -0.2) is 37.6 Å². The molecule has 4 rings (SSSR count). The first-order chi connectivity index (χ1) is 16.4. The van der Waals surface area contributed by atoms with E-state index in [2.05, 4.69) is 60.5 Å². The van der Waals surface area contributed by atoms with Gasteiger partial charge in [0.25, 0.3) is 5.91 Å². The number of nitrogens with one attached hydrogen (secondary N) is 1. The average Bonchev–Trinajstić information content (AvgIpc) is 2.84. The third-order valence-corrected chi connectivity index (χ3v) is 6.94. The van der Waals surface area contributed by atoms with Gasteiger partial charge < -0.3 is 14.8 Å². The van der Waals surface area contributed by atoms with E-state index in [1.807, 2.05) is 12.1 Å². The van der Waals surface area contributed by atoms with Crippen molar-refractivity contribution < 1.29 is 14.3 Å². The number of aryl methyl sites for hydroxylation is 1. The summed E-state index contributed by atoms with van der Waals surface area (Å²) in [6.07, 6.45) is 0.892. The van der Waals surface area contributed by atoms with Crippen molar-refractivity contribution in [2.24, 2.45) is 0 Å². The van der Waals surface area contributed by atoms with E-state index in [1.54, 1.807) is 26.4 Å². The van der Waals surface area contributed by atoms with Gasteiger partial charge in [0.05, 0.1) is 30.8 Å². The van der Waals surface area contributed by atoms with Crippen LogP contribution in [-0.2, 0) is 13.0 Å². The van der Waals surface area contributed by atoms with Crippen LogP contribution in [0.3, 0.4) is 0 Å². The molecule has 3 aromatic rings. The molecule has 0 spiro atoms. The Morgan fingerprint density at radius 1 is 1.09 bits per heavy atom. The molecule has 0 radical (unpaired) electrons. The van der Waals surface area contributed by atoms with Gasteiger partial charge in [0, 0.05) is 19.1 Å². The van der Waals surface area contributed by atoms with Crippen molar-refractivity contribution in [2.45, 2.75) is 38.9 Å². The number of nitrogens with zero attached hydrogens (tertiary/aromatic N) is 1. The number of hydrogen-bond acceptors (Lipinski definition) is 4. The summed E-state index contributed by atoms with van der Waals surface area (Å²) in [6.45, 7) is 5.85. The van der Waals surface area contributed by atoms with Crippen molar-refractivity contribution in [1.82, 2.24) is 10.2 Å². The predicted molar refractivity (Wildman–Crippen MR) is 136 cm³/mol. The Morgan fingerprint density at radius 2 is 1.76 bits per heavy atom. The van der Waals surface area contributed by atoms with Crippen LogP contribution in [0.1, 0.15) is 45.6 Å². The Morgan fingerprint density at radius 3 is 2.47 bits per heavy atom. The molecule has 0 aliphatic carbocycles. The lowest BCUT2D eigenvalue weighted by Crippen LogP contribution is -2.47. The Bertz CT molecular complexity index is 1180. The molecule has 0 saturated carbocycles. The van der Waals surface area contributed by atoms with Gasteiger partial charge in [-0.05, 0) is 66.8 Å². The topological polar surface area (TPSA) is 50.8 Å². The Kier molecular flexibility index (Phi) is 7.44. The number of hydrogen-bond donors (Lipinski definition) is 1. The summed E-state index contributed by atoms with van der Waals surface area (Å²) in [7, 11) is 3.30. The summed E-state index contributed by atoms with van der Waals surface area (Å²) >= 11 is 6.29. The molecule has 178 valence electrons. The van der Waals surface area contributed by atoms with E-state index in [0.717, 1.165) is 30.8 Å². The fraction of sp³-hybridized carbons (Fsp3) is 0.321. The minimum Gasteiger partial charge on any atom is -0.493 e. The molecule has 0 aromatic heterocycles. The van der Waals surface area contributed by atoms with Gasteiger partial charge in [-0.1, -0.05) is 48.0 Å². The molecule has 0 fully saturated rings. The monoisotopic (exact) mass is 478 g/mol. The highest BCUT2D eigenvalue weighted by atomic mass is 35.5. The highest BCUT2D eigenvalue weighted by Crippen LogP contribution is 2.40. The molecule has 2 unspecified atom stereocenters. The van der Waals surface area contributed by atoms with Crippen LogP contribution >= 0.6 is 11.6 Å². The maximum Gasteiger partial charge on any atom is 0.253 e. The number of benzene rings is 3. The van der Waals surface area contributed by atoms with Crippen molar-refractivity contribution in [1.29, 1.82) is 0 Å². The zero-order valence-electron chi connectivity index (χ0n) is 20.1. The maximum atomic E-state index is 13.1.